The summed E-state index contributed by atoms with van der Waals surface area (Å²) in [5, 5.41) is 8.75. The molecule has 0 fully saturated rings. The fourth-order valence-electron chi connectivity index (χ4n) is 3.05. The first-order valence-electron chi connectivity index (χ1n) is 10.3. The van der Waals surface area contributed by atoms with Gasteiger partial charge in [-0.15, -0.1) is 0 Å². The number of carbonyl (C=O) groups is 2. The number of nitrogens with zero attached hydrogens (tertiary/aromatic N) is 3. The van der Waals surface area contributed by atoms with Gasteiger partial charge >= 0.3 is 6.09 Å². The summed E-state index contributed by atoms with van der Waals surface area (Å²) in [4.78, 5) is 33.1. The zero-order valence-corrected chi connectivity index (χ0v) is 20.7. The van der Waals surface area contributed by atoms with E-state index >= 15 is 0 Å². The predicted octanol–water partition coefficient (Wildman–Crippen LogP) is 3.89. The minimum Gasteiger partial charge on any atom is -0.444 e. The number of imidazole rings is 1. The van der Waals surface area contributed by atoms with Crippen molar-refractivity contribution in [2.45, 2.75) is 39.7 Å². The second kappa shape index (κ2) is 10.2. The molecular weight excluding hydrogens is 523 g/mol. The van der Waals surface area contributed by atoms with Crippen LogP contribution in [0.15, 0.2) is 36.8 Å². The fourth-order valence-corrected chi connectivity index (χ4v) is 3.58. The number of anilines is 2. The van der Waals surface area contributed by atoms with Gasteiger partial charge in [0, 0.05) is 36.7 Å². The third kappa shape index (κ3) is 6.09. The zero-order valence-electron chi connectivity index (χ0n) is 18.5. The highest BCUT2D eigenvalue weighted by Gasteiger charge is 2.16. The van der Waals surface area contributed by atoms with Gasteiger partial charge in [0.05, 0.1) is 6.20 Å². The van der Waals surface area contributed by atoms with E-state index in [1.165, 1.54) is 0 Å². The molecule has 0 bridgehead atoms. The highest BCUT2D eigenvalue weighted by atomic mass is 127. The van der Waals surface area contributed by atoms with Crippen molar-refractivity contribution >= 4 is 51.7 Å². The van der Waals surface area contributed by atoms with Crippen molar-refractivity contribution in [2.24, 2.45) is 0 Å². The Morgan fingerprint density at radius 2 is 1.91 bits per heavy atom. The van der Waals surface area contributed by atoms with Gasteiger partial charge in [-0.25, -0.2) is 14.8 Å². The zero-order chi connectivity index (χ0) is 23.3. The lowest BCUT2D eigenvalue weighted by atomic mass is 10.0. The first-order valence-corrected chi connectivity index (χ1v) is 11.4. The topological polar surface area (TPSA) is 110 Å². The maximum Gasteiger partial charge on any atom is 0.407 e. The number of benzene rings is 1. The summed E-state index contributed by atoms with van der Waals surface area (Å²) in [7, 11) is 0. The number of rotatable bonds is 7. The molecule has 0 aliphatic heterocycles. The summed E-state index contributed by atoms with van der Waals surface area (Å²) in [6.07, 6.45) is 5.54. The normalized spacial score (nSPS) is 11.3. The van der Waals surface area contributed by atoms with Crippen LogP contribution in [0.5, 0.6) is 0 Å². The molecule has 0 atom stereocenters. The molecule has 0 aliphatic carbocycles. The van der Waals surface area contributed by atoms with E-state index in [-0.39, 0.29) is 12.5 Å². The van der Waals surface area contributed by atoms with E-state index < -0.39 is 11.7 Å². The van der Waals surface area contributed by atoms with E-state index in [1.807, 2.05) is 29.7 Å². The van der Waals surface area contributed by atoms with Crippen LogP contribution in [0.25, 0.3) is 5.65 Å². The summed E-state index contributed by atoms with van der Waals surface area (Å²) >= 11 is 2.22. The molecule has 9 nitrogen and oxygen atoms in total. The smallest absolute Gasteiger partial charge is 0.407 e. The number of halogens is 1. The Balaban J connectivity index is 1.62. The Kier molecular flexibility index (Phi) is 7.54. The molecule has 170 valence electrons. The molecule has 3 aromatic rings. The van der Waals surface area contributed by atoms with Crippen molar-refractivity contribution in [3.63, 3.8) is 0 Å². The van der Waals surface area contributed by atoms with Gasteiger partial charge in [-0.2, -0.15) is 0 Å². The predicted molar refractivity (Wildman–Crippen MR) is 131 cm³/mol. The molecule has 2 aromatic heterocycles. The lowest BCUT2D eigenvalue weighted by Crippen LogP contribution is -2.38. The molecule has 32 heavy (non-hydrogen) atoms. The second-order valence-corrected chi connectivity index (χ2v) is 9.19. The highest BCUT2D eigenvalue weighted by molar-refractivity contribution is 14.1. The quantitative estimate of drug-likeness (QED) is 0.304. The van der Waals surface area contributed by atoms with Crippen molar-refractivity contribution in [2.75, 3.05) is 18.4 Å². The van der Waals surface area contributed by atoms with Gasteiger partial charge in [0.15, 0.2) is 11.5 Å². The molecule has 0 saturated heterocycles. The monoisotopic (exact) mass is 550 g/mol. The molecule has 10 heteroatoms. The number of alkyl carbamates (subject to hydrolysis) is 1. The first-order chi connectivity index (χ1) is 15.2. The van der Waals surface area contributed by atoms with Crippen LogP contribution in [0, 0.1) is 3.70 Å². The summed E-state index contributed by atoms with van der Waals surface area (Å²) in [6.45, 7) is 7.96. The Hall–Kier alpha value is -2.89. The van der Waals surface area contributed by atoms with Crippen molar-refractivity contribution in [3.8, 4) is 0 Å². The number of amides is 2. The number of aromatic nitrogens is 3. The number of ether oxygens (including phenoxy) is 1. The van der Waals surface area contributed by atoms with Crippen LogP contribution in [0.4, 0.5) is 16.3 Å². The minimum absolute atomic E-state index is 0.192. The lowest BCUT2D eigenvalue weighted by molar-refractivity contribution is 0.0526. The summed E-state index contributed by atoms with van der Waals surface area (Å²) in [5.74, 6) is 0.449. The number of nitrogens with one attached hydrogen (secondary N) is 3. The molecule has 0 aliphatic rings. The van der Waals surface area contributed by atoms with Crippen LogP contribution in [-0.4, -0.2) is 45.1 Å². The summed E-state index contributed by atoms with van der Waals surface area (Å²) in [6, 6.07) is 5.56. The maximum atomic E-state index is 12.6. The molecule has 3 rings (SSSR count). The number of hydrogen-bond donors (Lipinski definition) is 3. The highest BCUT2D eigenvalue weighted by Crippen LogP contribution is 2.23. The molecule has 3 N–H and O–H groups in total. The molecule has 1 aromatic carbocycles. The molecule has 0 unspecified atom stereocenters. The van der Waals surface area contributed by atoms with Gasteiger partial charge in [-0.1, -0.05) is 6.92 Å². The average molecular weight is 550 g/mol. The molecule has 0 radical (unpaired) electrons. The maximum absolute atomic E-state index is 12.6. The molecular formula is C22H27IN6O3. The lowest BCUT2D eigenvalue weighted by Gasteiger charge is -2.19. The SMILES string of the molecule is CCc1cc(Nc2nccn3c(I)cnc23)ccc1C(=O)NCCNC(=O)OC(C)(C)C. The van der Waals surface area contributed by atoms with Crippen molar-refractivity contribution in [1.29, 1.82) is 0 Å². The summed E-state index contributed by atoms with van der Waals surface area (Å²) in [5.41, 5.74) is 2.49. The molecule has 2 heterocycles. The van der Waals surface area contributed by atoms with E-state index in [9.17, 15) is 9.59 Å². The van der Waals surface area contributed by atoms with Crippen molar-refractivity contribution in [1.82, 2.24) is 25.0 Å². The van der Waals surface area contributed by atoms with Gasteiger partial charge in [-0.3, -0.25) is 9.20 Å². The van der Waals surface area contributed by atoms with Gasteiger partial charge in [0.2, 0.25) is 0 Å². The van der Waals surface area contributed by atoms with Crippen LogP contribution in [0.1, 0.15) is 43.6 Å². The molecule has 2 amide bonds. The number of carbonyl (C=O) groups excluding carboxylic acids is 2. The van der Waals surface area contributed by atoms with E-state index in [4.69, 9.17) is 4.74 Å². The van der Waals surface area contributed by atoms with E-state index in [1.54, 1.807) is 39.2 Å². The molecule has 0 spiro atoms. The second-order valence-electron chi connectivity index (χ2n) is 8.09. The minimum atomic E-state index is -0.559. The average Bonchev–Trinajstić information content (AvgIpc) is 3.11. The molecule has 0 saturated carbocycles. The van der Waals surface area contributed by atoms with E-state index in [2.05, 4.69) is 48.5 Å². The van der Waals surface area contributed by atoms with Crippen LogP contribution in [-0.2, 0) is 11.2 Å². The van der Waals surface area contributed by atoms with Gasteiger partial charge < -0.3 is 20.7 Å². The van der Waals surface area contributed by atoms with Crippen molar-refractivity contribution in [3.05, 3.63) is 51.6 Å². The van der Waals surface area contributed by atoms with Gasteiger partial charge in [0.1, 0.15) is 9.30 Å². The third-order valence-corrected chi connectivity index (χ3v) is 5.25. The van der Waals surface area contributed by atoms with Crippen LogP contribution in [0.3, 0.4) is 0 Å². The van der Waals surface area contributed by atoms with Gasteiger partial charge in [-0.05, 0) is 73.5 Å². The first kappa shape index (κ1) is 23.8. The Morgan fingerprint density at radius 1 is 1.16 bits per heavy atom. The third-order valence-electron chi connectivity index (χ3n) is 4.46. The largest absolute Gasteiger partial charge is 0.444 e. The Bertz CT molecular complexity index is 1120. The summed E-state index contributed by atoms with van der Waals surface area (Å²) < 4.78 is 8.11. The number of hydrogen-bond acceptors (Lipinski definition) is 6. The number of fused-ring (bicyclic) bond motifs is 1. The fraction of sp³-hybridized carbons (Fsp3) is 0.364. The Morgan fingerprint density at radius 3 is 2.62 bits per heavy atom. The van der Waals surface area contributed by atoms with Crippen molar-refractivity contribution < 1.29 is 14.3 Å². The van der Waals surface area contributed by atoms with Crippen LogP contribution < -0.4 is 16.0 Å². The number of aryl methyl sites for hydroxylation is 1. The van der Waals surface area contributed by atoms with Crippen LogP contribution >= 0.6 is 22.6 Å². The van der Waals surface area contributed by atoms with E-state index in [0.29, 0.717) is 24.3 Å². The Labute approximate surface area is 200 Å². The van der Waals surface area contributed by atoms with Gasteiger partial charge in [0.25, 0.3) is 5.91 Å². The standard InChI is InChI=1S/C22H27IN6O3/c1-5-14-12-15(28-18-19-27-13-17(23)29(19)11-10-24-18)6-7-16(14)20(30)25-8-9-26-21(31)32-22(2,3)4/h6-7,10-13H,5,8-9H2,1-4H3,(H,24,28)(H,25,30)(H,26,31). The van der Waals surface area contributed by atoms with E-state index in [0.717, 1.165) is 20.6 Å². The van der Waals surface area contributed by atoms with Crippen LogP contribution in [0.2, 0.25) is 0 Å².